The van der Waals surface area contributed by atoms with Crippen LogP contribution in [0.4, 0.5) is 0 Å². The van der Waals surface area contributed by atoms with Gasteiger partial charge in [0.1, 0.15) is 0 Å². The van der Waals surface area contributed by atoms with E-state index >= 15 is 0 Å². The maximum absolute atomic E-state index is 10.8. The molecule has 0 radical (unpaired) electrons. The Hall–Kier alpha value is -0.820. The number of ether oxygens (including phenoxy) is 1. The molecule has 90 valence electrons. The zero-order chi connectivity index (χ0) is 12.4. The van der Waals surface area contributed by atoms with Gasteiger partial charge in [-0.05, 0) is 6.07 Å². The Labute approximate surface area is 89.5 Å². The predicted octanol–water partition coefficient (Wildman–Crippen LogP) is -0.506. The second-order valence-electron chi connectivity index (χ2n) is 2.65. The summed E-state index contributed by atoms with van der Waals surface area (Å²) in [6, 6.07) is 0.871. The summed E-state index contributed by atoms with van der Waals surface area (Å²) in [5.74, 6) is 0. The molecule has 1 heterocycles. The van der Waals surface area contributed by atoms with Crippen molar-refractivity contribution in [3.8, 4) is 6.01 Å². The van der Waals surface area contributed by atoms with Gasteiger partial charge in [-0.1, -0.05) is 0 Å². The topological polar surface area (TPSA) is 150 Å². The first-order chi connectivity index (χ1) is 7.21. The molecule has 0 aliphatic carbocycles. The van der Waals surface area contributed by atoms with Crippen molar-refractivity contribution >= 4 is 15.2 Å². The van der Waals surface area contributed by atoms with Crippen LogP contribution in [-0.2, 0) is 9.13 Å². The Morgan fingerprint density at radius 1 is 1.06 bits per heavy atom. The van der Waals surface area contributed by atoms with Crippen LogP contribution in [0.15, 0.2) is 18.5 Å². The van der Waals surface area contributed by atoms with Gasteiger partial charge in [0.15, 0.2) is 0 Å². The third-order valence-electron chi connectivity index (χ3n) is 1.33. The zero-order valence-electron chi connectivity index (χ0n) is 7.61. The average molecular weight is 270 g/mol. The molecule has 9 nitrogen and oxygen atoms in total. The second-order valence-corrected chi connectivity index (χ2v) is 6.36. The van der Waals surface area contributed by atoms with E-state index < -0.39 is 26.8 Å². The van der Waals surface area contributed by atoms with E-state index in [1.165, 1.54) is 18.5 Å². The maximum Gasteiger partial charge on any atom is 0.378 e. The van der Waals surface area contributed by atoms with Crippen molar-refractivity contribution in [3.05, 3.63) is 18.5 Å². The highest BCUT2D eigenvalue weighted by Gasteiger charge is 2.46. The smallest absolute Gasteiger partial charge is 0.378 e. The van der Waals surface area contributed by atoms with Gasteiger partial charge in [-0.2, -0.15) is 0 Å². The number of nitrogens with zero attached hydrogens (tertiary/aromatic N) is 2. The highest BCUT2D eigenvalue weighted by molar-refractivity contribution is 7.70. The van der Waals surface area contributed by atoms with Gasteiger partial charge in [0.25, 0.3) is 0 Å². The monoisotopic (exact) mass is 270 g/mol. The maximum atomic E-state index is 10.8. The lowest BCUT2D eigenvalue weighted by Crippen LogP contribution is -2.18. The van der Waals surface area contributed by atoms with Gasteiger partial charge >= 0.3 is 26.8 Å². The molecule has 16 heavy (non-hydrogen) atoms. The van der Waals surface area contributed by atoms with Crippen LogP contribution in [0.25, 0.3) is 0 Å². The summed E-state index contributed by atoms with van der Waals surface area (Å²) in [6.45, 7) is 0. The molecule has 4 N–H and O–H groups in total. The molecule has 0 spiro atoms. The Morgan fingerprint density at radius 3 is 1.88 bits per heavy atom. The minimum absolute atomic E-state index is 0.529. The molecule has 11 heteroatoms. The van der Waals surface area contributed by atoms with Gasteiger partial charge in [-0.25, -0.2) is 9.97 Å². The minimum atomic E-state index is -5.13. The van der Waals surface area contributed by atoms with E-state index in [1.54, 1.807) is 0 Å². The summed E-state index contributed by atoms with van der Waals surface area (Å²) in [7, 11) is -10.3. The van der Waals surface area contributed by atoms with E-state index in [1.807, 2.05) is 0 Å². The molecule has 0 aliphatic rings. The molecule has 0 saturated heterocycles. The van der Waals surface area contributed by atoms with Crippen molar-refractivity contribution in [1.82, 2.24) is 9.97 Å². The second kappa shape index (κ2) is 4.58. The summed E-state index contributed by atoms with van der Waals surface area (Å²) >= 11 is 0. The van der Waals surface area contributed by atoms with Crippen molar-refractivity contribution in [1.29, 1.82) is 0 Å². The van der Waals surface area contributed by atoms with E-state index in [-0.39, 0.29) is 0 Å². The molecule has 0 bridgehead atoms. The SMILES string of the molecule is O=P(O)(O)C(Oc1ncccn1)P(=O)(O)O. The fraction of sp³-hybridized carbons (Fsp3) is 0.200. The number of rotatable bonds is 4. The van der Waals surface area contributed by atoms with E-state index in [2.05, 4.69) is 14.7 Å². The lowest BCUT2D eigenvalue weighted by Gasteiger charge is -2.19. The molecular formula is C5H8N2O7P2. The zero-order valence-corrected chi connectivity index (χ0v) is 9.40. The third kappa shape index (κ3) is 3.64. The van der Waals surface area contributed by atoms with Crippen molar-refractivity contribution in [3.63, 3.8) is 0 Å². The molecule has 0 aliphatic heterocycles. The van der Waals surface area contributed by atoms with Crippen LogP contribution in [0.3, 0.4) is 0 Å². The summed E-state index contributed by atoms with van der Waals surface area (Å²) in [4.78, 5) is 41.7. The molecule has 1 aromatic heterocycles. The molecule has 0 aromatic carbocycles. The van der Waals surface area contributed by atoms with Crippen LogP contribution in [-0.4, -0.2) is 35.1 Å². The highest BCUT2D eigenvalue weighted by atomic mass is 31.2. The number of hydrogen-bond acceptors (Lipinski definition) is 5. The molecular weight excluding hydrogens is 262 g/mol. The Balaban J connectivity index is 2.99. The predicted molar refractivity (Wildman–Crippen MR) is 50.5 cm³/mol. The van der Waals surface area contributed by atoms with Gasteiger partial charge in [-0.15, -0.1) is 0 Å². The molecule has 0 amide bonds. The van der Waals surface area contributed by atoms with Gasteiger partial charge in [-0.3, -0.25) is 9.13 Å². The van der Waals surface area contributed by atoms with Crippen LogP contribution < -0.4 is 4.74 Å². The molecule has 0 atom stereocenters. The van der Waals surface area contributed by atoms with Gasteiger partial charge < -0.3 is 24.3 Å². The quantitative estimate of drug-likeness (QED) is 0.530. The van der Waals surface area contributed by atoms with Gasteiger partial charge in [0.05, 0.1) is 0 Å². The lowest BCUT2D eigenvalue weighted by molar-refractivity contribution is 0.224. The highest BCUT2D eigenvalue weighted by Crippen LogP contribution is 2.59. The Bertz CT molecular complexity index is 417. The molecule has 1 aromatic rings. The summed E-state index contributed by atoms with van der Waals surface area (Å²) in [6.07, 6.45) is 2.39. The average Bonchev–Trinajstić information content (AvgIpc) is 2.12. The van der Waals surface area contributed by atoms with Crippen LogP contribution in [0.1, 0.15) is 0 Å². The first kappa shape index (κ1) is 13.2. The third-order valence-corrected chi connectivity index (χ3v) is 4.50. The Kier molecular flexibility index (Phi) is 3.80. The normalized spacial score (nSPS) is 12.8. The Morgan fingerprint density at radius 2 is 1.50 bits per heavy atom. The number of aromatic nitrogens is 2. The van der Waals surface area contributed by atoms with Crippen LogP contribution in [0.2, 0.25) is 0 Å². The molecule has 0 fully saturated rings. The minimum Gasteiger partial charge on any atom is -0.434 e. The molecule has 1 rings (SSSR count). The van der Waals surface area contributed by atoms with Crippen LogP contribution in [0.5, 0.6) is 6.01 Å². The van der Waals surface area contributed by atoms with Crippen molar-refractivity contribution in [2.75, 3.05) is 0 Å². The largest absolute Gasteiger partial charge is 0.434 e. The van der Waals surface area contributed by atoms with E-state index in [0.29, 0.717) is 0 Å². The molecule has 0 unspecified atom stereocenters. The first-order valence-electron chi connectivity index (χ1n) is 3.75. The van der Waals surface area contributed by atoms with Crippen molar-refractivity contribution < 1.29 is 33.4 Å². The van der Waals surface area contributed by atoms with Gasteiger partial charge in [0.2, 0.25) is 0 Å². The van der Waals surface area contributed by atoms with E-state index in [9.17, 15) is 9.13 Å². The van der Waals surface area contributed by atoms with Crippen molar-refractivity contribution in [2.24, 2.45) is 0 Å². The summed E-state index contributed by atoms with van der Waals surface area (Å²) in [5, 5.41) is 0. The fourth-order valence-corrected chi connectivity index (χ4v) is 2.80. The fourth-order valence-electron chi connectivity index (χ4n) is 0.774. The summed E-state index contributed by atoms with van der Waals surface area (Å²) < 4.78 is 26.0. The van der Waals surface area contributed by atoms with Crippen LogP contribution >= 0.6 is 15.2 Å². The van der Waals surface area contributed by atoms with Gasteiger partial charge in [0, 0.05) is 12.4 Å². The van der Waals surface area contributed by atoms with E-state index in [4.69, 9.17) is 19.6 Å². The van der Waals surface area contributed by atoms with Crippen molar-refractivity contribution in [2.45, 2.75) is 5.59 Å². The first-order valence-corrected chi connectivity index (χ1v) is 7.11. The summed E-state index contributed by atoms with van der Waals surface area (Å²) in [5.41, 5.74) is -2.60. The standard InChI is InChI=1S/C5H8N2O7P2/c8-15(9,10)5(16(11,12)13)14-4-6-2-1-3-7-4/h1-3,5H,(H2,8,9,10)(H2,11,12,13). The van der Waals surface area contributed by atoms with E-state index in [0.717, 1.165) is 0 Å². The molecule has 0 saturated carbocycles. The lowest BCUT2D eigenvalue weighted by atomic mass is 10.7. The van der Waals surface area contributed by atoms with Crippen LogP contribution in [0, 0.1) is 0 Å². The number of hydrogen-bond donors (Lipinski definition) is 4.